The number of carbonyl (C=O) groups excluding carboxylic acids is 1. The van der Waals surface area contributed by atoms with E-state index < -0.39 is 11.2 Å². The highest BCUT2D eigenvalue weighted by atomic mass is 16.2. The van der Waals surface area contributed by atoms with E-state index in [1.54, 1.807) is 0 Å². The molecule has 1 aliphatic heterocycles. The number of nitrogens with one attached hydrogen (secondary N) is 2. The third-order valence-electron chi connectivity index (χ3n) is 6.72. The van der Waals surface area contributed by atoms with Crippen LogP contribution in [0.1, 0.15) is 58.8 Å². The molecule has 1 aromatic rings. The molecule has 3 rings (SSSR count). The van der Waals surface area contributed by atoms with Gasteiger partial charge in [-0.1, -0.05) is 26.2 Å². The number of aromatic nitrogens is 2. The first-order valence-electron chi connectivity index (χ1n) is 11.2. The van der Waals surface area contributed by atoms with Gasteiger partial charge in [-0.15, -0.1) is 0 Å². The second-order valence-electron chi connectivity index (χ2n) is 8.61. The third-order valence-corrected chi connectivity index (χ3v) is 6.72. The topological polar surface area (TPSA) is 106 Å². The van der Waals surface area contributed by atoms with Crippen LogP contribution in [0.4, 0.5) is 11.5 Å². The van der Waals surface area contributed by atoms with Crippen molar-refractivity contribution in [2.45, 2.75) is 65.3 Å². The van der Waals surface area contributed by atoms with E-state index in [9.17, 15) is 14.4 Å². The Morgan fingerprint density at radius 2 is 1.93 bits per heavy atom. The van der Waals surface area contributed by atoms with Gasteiger partial charge in [0.1, 0.15) is 5.82 Å². The van der Waals surface area contributed by atoms with E-state index in [4.69, 9.17) is 5.73 Å². The Kier molecular flexibility index (Phi) is 7.16. The molecule has 0 radical (unpaired) electrons. The van der Waals surface area contributed by atoms with E-state index in [2.05, 4.69) is 4.98 Å². The maximum absolute atomic E-state index is 13.1. The van der Waals surface area contributed by atoms with Gasteiger partial charge in [-0.05, 0) is 38.5 Å². The van der Waals surface area contributed by atoms with Crippen LogP contribution >= 0.6 is 0 Å². The summed E-state index contributed by atoms with van der Waals surface area (Å²) in [5, 5.41) is 0. The number of anilines is 2. The van der Waals surface area contributed by atoms with Crippen LogP contribution in [0.25, 0.3) is 0 Å². The molecule has 4 N–H and O–H groups in total. The van der Waals surface area contributed by atoms with Crippen molar-refractivity contribution in [3.63, 3.8) is 0 Å². The molecule has 0 bridgehead atoms. The number of likely N-dealkylation sites (N-methyl/N-ethyl adjacent to an activating group) is 1. The SMILES string of the molecule is CCCCn1c(N)c(N(CC)C(=O)C[NH+]2CC[C@H]3CCCC[C@@H]3C2)c(=O)[nH]c1=O. The van der Waals surface area contributed by atoms with Gasteiger partial charge in [0.25, 0.3) is 11.5 Å². The minimum Gasteiger partial charge on any atom is -0.383 e. The van der Waals surface area contributed by atoms with Crippen LogP contribution in [0.5, 0.6) is 0 Å². The Bertz CT molecular complexity index is 831. The van der Waals surface area contributed by atoms with Gasteiger partial charge in [0.05, 0.1) is 13.1 Å². The summed E-state index contributed by atoms with van der Waals surface area (Å²) in [5.74, 6) is 1.53. The van der Waals surface area contributed by atoms with E-state index in [-0.39, 0.29) is 17.4 Å². The second kappa shape index (κ2) is 9.61. The highest BCUT2D eigenvalue weighted by molar-refractivity contribution is 5.96. The lowest BCUT2D eigenvalue weighted by atomic mass is 9.75. The molecule has 0 aromatic carbocycles. The Labute approximate surface area is 172 Å². The summed E-state index contributed by atoms with van der Waals surface area (Å²) in [4.78, 5) is 42.9. The molecule has 1 unspecified atom stereocenters. The summed E-state index contributed by atoms with van der Waals surface area (Å²) in [6.45, 7) is 7.04. The normalized spacial score (nSPS) is 24.1. The van der Waals surface area contributed by atoms with Crippen LogP contribution < -0.4 is 26.8 Å². The van der Waals surface area contributed by atoms with Gasteiger partial charge in [0.15, 0.2) is 12.2 Å². The predicted molar refractivity (Wildman–Crippen MR) is 114 cm³/mol. The summed E-state index contributed by atoms with van der Waals surface area (Å²) in [5.41, 5.74) is 5.21. The van der Waals surface area contributed by atoms with Crippen molar-refractivity contribution in [3.8, 4) is 0 Å². The zero-order valence-corrected chi connectivity index (χ0v) is 17.8. The van der Waals surface area contributed by atoms with Crippen molar-refractivity contribution < 1.29 is 9.69 Å². The summed E-state index contributed by atoms with van der Waals surface area (Å²) >= 11 is 0. The smallest absolute Gasteiger partial charge is 0.330 e. The Morgan fingerprint density at radius 1 is 1.21 bits per heavy atom. The summed E-state index contributed by atoms with van der Waals surface area (Å²) in [6.07, 6.45) is 8.11. The standard InChI is InChI=1S/C21H35N5O3/c1-3-5-11-26-19(22)18(20(28)23-21(26)29)25(4-2)17(27)14-24-12-10-15-8-6-7-9-16(15)13-24/h15-16H,3-14,22H2,1-2H3,(H,23,28,29)/p+1/t15-,16-/m1/s1. The van der Waals surface area contributed by atoms with Crippen LogP contribution in [-0.4, -0.2) is 41.6 Å². The van der Waals surface area contributed by atoms with Gasteiger partial charge in [-0.25, -0.2) is 4.79 Å². The number of piperidine rings is 1. The van der Waals surface area contributed by atoms with Gasteiger partial charge in [-0.2, -0.15) is 0 Å². The fourth-order valence-electron chi connectivity index (χ4n) is 5.10. The average molecular weight is 407 g/mol. The lowest BCUT2D eigenvalue weighted by molar-refractivity contribution is -0.902. The number of likely N-dealkylation sites (tertiary alicyclic amines) is 1. The largest absolute Gasteiger partial charge is 0.383 e. The van der Waals surface area contributed by atoms with Gasteiger partial charge in [-0.3, -0.25) is 24.0 Å². The molecule has 3 atom stereocenters. The summed E-state index contributed by atoms with van der Waals surface area (Å²) < 4.78 is 1.37. The number of unbranched alkanes of at least 4 members (excludes halogenated alkanes) is 1. The molecule has 29 heavy (non-hydrogen) atoms. The molecule has 1 saturated heterocycles. The monoisotopic (exact) mass is 406 g/mol. The molecule has 8 heteroatoms. The van der Waals surface area contributed by atoms with Gasteiger partial charge >= 0.3 is 5.69 Å². The number of H-pyrrole nitrogens is 1. The van der Waals surface area contributed by atoms with Gasteiger partial charge in [0.2, 0.25) is 0 Å². The van der Waals surface area contributed by atoms with Crippen LogP contribution in [0.15, 0.2) is 9.59 Å². The highest BCUT2D eigenvalue weighted by Gasteiger charge is 2.35. The Balaban J connectivity index is 1.77. The minimum atomic E-state index is -0.587. The van der Waals surface area contributed by atoms with E-state index >= 15 is 0 Å². The third kappa shape index (κ3) is 4.74. The van der Waals surface area contributed by atoms with Crippen LogP contribution in [-0.2, 0) is 11.3 Å². The minimum absolute atomic E-state index is 0.0865. The van der Waals surface area contributed by atoms with Crippen molar-refractivity contribution in [1.29, 1.82) is 0 Å². The van der Waals surface area contributed by atoms with Gasteiger partial charge < -0.3 is 10.6 Å². The number of rotatable bonds is 7. The second-order valence-corrected chi connectivity index (χ2v) is 8.61. The quantitative estimate of drug-likeness (QED) is 0.608. The summed E-state index contributed by atoms with van der Waals surface area (Å²) in [7, 11) is 0. The van der Waals surface area contributed by atoms with E-state index in [0.717, 1.165) is 37.8 Å². The number of hydrogen-bond acceptors (Lipinski definition) is 4. The molecule has 1 amide bonds. The molecule has 1 saturated carbocycles. The first-order chi connectivity index (χ1) is 14.0. The number of nitrogens with two attached hydrogens (primary N) is 1. The number of carbonyl (C=O) groups is 1. The molecule has 2 heterocycles. The first-order valence-corrected chi connectivity index (χ1v) is 11.2. The Hall–Kier alpha value is -2.09. The molecular formula is C21H36N5O3+. The fraction of sp³-hybridized carbons (Fsp3) is 0.762. The maximum atomic E-state index is 13.1. The van der Waals surface area contributed by atoms with Gasteiger partial charge in [0, 0.05) is 19.0 Å². The fourth-order valence-corrected chi connectivity index (χ4v) is 5.10. The number of amides is 1. The number of quaternary nitrogens is 1. The predicted octanol–water partition coefficient (Wildman–Crippen LogP) is 0.367. The van der Waals surface area contributed by atoms with E-state index in [1.807, 2.05) is 13.8 Å². The number of nitrogens with zero attached hydrogens (tertiary/aromatic N) is 2. The van der Waals surface area contributed by atoms with E-state index in [1.165, 1.54) is 46.5 Å². The molecule has 2 aliphatic rings. The molecule has 0 spiro atoms. The molecular weight excluding hydrogens is 370 g/mol. The zero-order valence-electron chi connectivity index (χ0n) is 17.8. The summed E-state index contributed by atoms with van der Waals surface area (Å²) in [6, 6.07) is 0. The van der Waals surface area contributed by atoms with Crippen LogP contribution in [0.3, 0.4) is 0 Å². The zero-order chi connectivity index (χ0) is 21.0. The molecule has 1 aromatic heterocycles. The van der Waals surface area contributed by atoms with Crippen molar-refractivity contribution in [2.24, 2.45) is 11.8 Å². The average Bonchev–Trinajstić information content (AvgIpc) is 2.70. The van der Waals surface area contributed by atoms with E-state index in [0.29, 0.717) is 19.6 Å². The maximum Gasteiger partial charge on any atom is 0.330 e. The molecule has 2 fully saturated rings. The number of hydrogen-bond donors (Lipinski definition) is 3. The lowest BCUT2D eigenvalue weighted by Gasteiger charge is -2.39. The van der Waals surface area contributed by atoms with Crippen molar-refractivity contribution in [1.82, 2.24) is 9.55 Å². The Morgan fingerprint density at radius 3 is 2.62 bits per heavy atom. The number of aromatic amines is 1. The van der Waals surface area contributed by atoms with Crippen molar-refractivity contribution in [2.75, 3.05) is 36.8 Å². The van der Waals surface area contributed by atoms with Crippen molar-refractivity contribution >= 4 is 17.4 Å². The van der Waals surface area contributed by atoms with Crippen molar-refractivity contribution in [3.05, 3.63) is 20.8 Å². The number of fused-ring (bicyclic) bond motifs is 1. The molecule has 162 valence electrons. The van der Waals surface area contributed by atoms with Crippen LogP contribution in [0.2, 0.25) is 0 Å². The highest BCUT2D eigenvalue weighted by Crippen LogP contribution is 2.32. The lowest BCUT2D eigenvalue weighted by Crippen LogP contribution is -3.15. The first kappa shape index (κ1) is 21.6. The van der Waals surface area contributed by atoms with Crippen LogP contribution in [0, 0.1) is 11.8 Å². The molecule has 1 aliphatic carbocycles. The number of nitrogen functional groups attached to an aromatic ring is 1. The molecule has 8 nitrogen and oxygen atoms in total.